The molecule has 0 aliphatic carbocycles. The Morgan fingerprint density at radius 1 is 1.04 bits per heavy atom. The van der Waals surface area contributed by atoms with Gasteiger partial charge in [-0.1, -0.05) is 24.3 Å². The van der Waals surface area contributed by atoms with Gasteiger partial charge in [0.05, 0.1) is 18.5 Å². The monoisotopic (exact) mass is 370 g/mol. The highest BCUT2D eigenvalue weighted by Crippen LogP contribution is 2.26. The molecule has 6 heteroatoms. The Morgan fingerprint density at radius 3 is 2.42 bits per heavy atom. The summed E-state index contributed by atoms with van der Waals surface area (Å²) in [7, 11) is 3.84. The molecule has 2 aromatic rings. The van der Waals surface area contributed by atoms with Gasteiger partial charge in [-0.25, -0.2) is 0 Å². The van der Waals surface area contributed by atoms with Gasteiger partial charge in [0, 0.05) is 32.7 Å². The van der Waals surface area contributed by atoms with E-state index in [0.29, 0.717) is 11.7 Å². The van der Waals surface area contributed by atoms with Gasteiger partial charge < -0.3 is 25.2 Å². The predicted octanol–water partition coefficient (Wildman–Crippen LogP) is 2.93. The summed E-state index contributed by atoms with van der Waals surface area (Å²) in [6, 6.07) is 16.3. The summed E-state index contributed by atoms with van der Waals surface area (Å²) in [5.74, 6) is 0.857. The third kappa shape index (κ3) is 4.86. The first-order valence-electron chi connectivity index (χ1n) is 8.86. The van der Waals surface area contributed by atoms with Crippen LogP contribution in [0.2, 0.25) is 0 Å². The van der Waals surface area contributed by atoms with E-state index in [0.717, 1.165) is 43.2 Å². The summed E-state index contributed by atoms with van der Waals surface area (Å²) in [6.45, 7) is 4.89. The molecule has 0 radical (unpaired) electrons. The molecule has 3 rings (SSSR count). The zero-order chi connectivity index (χ0) is 18.4. The largest absolute Gasteiger partial charge is 0.497 e. The van der Waals surface area contributed by atoms with E-state index in [-0.39, 0.29) is 0 Å². The van der Waals surface area contributed by atoms with E-state index in [4.69, 9.17) is 17.0 Å². The molecule has 138 valence electrons. The van der Waals surface area contributed by atoms with Crippen LogP contribution in [-0.4, -0.2) is 50.3 Å². The molecule has 1 fully saturated rings. The zero-order valence-electron chi connectivity index (χ0n) is 15.4. The highest BCUT2D eigenvalue weighted by atomic mass is 32.1. The van der Waals surface area contributed by atoms with Crippen molar-refractivity contribution in [3.63, 3.8) is 0 Å². The van der Waals surface area contributed by atoms with Gasteiger partial charge in [0.15, 0.2) is 5.11 Å². The van der Waals surface area contributed by atoms with E-state index in [2.05, 4.69) is 45.7 Å². The molecule has 26 heavy (non-hydrogen) atoms. The van der Waals surface area contributed by atoms with Gasteiger partial charge in [-0.2, -0.15) is 0 Å². The maximum Gasteiger partial charge on any atom is 0.171 e. The number of anilines is 2. The Hall–Kier alpha value is -2.31. The van der Waals surface area contributed by atoms with Gasteiger partial charge in [-0.15, -0.1) is 0 Å². The van der Waals surface area contributed by atoms with E-state index in [1.807, 2.05) is 30.3 Å². The minimum absolute atomic E-state index is 0.627. The standard InChI is InChI=1S/C20H26N4OS/c1-23-11-13-24(14-12-23)19-6-4-3-5-18(19)22-20(26)21-15-16-7-9-17(25-2)10-8-16/h3-10H,11-15H2,1-2H3,(H2,21,22,26). The maximum atomic E-state index is 5.49. The van der Waals surface area contributed by atoms with Crippen LogP contribution in [-0.2, 0) is 6.54 Å². The fourth-order valence-electron chi connectivity index (χ4n) is 2.99. The van der Waals surface area contributed by atoms with Crippen molar-refractivity contribution in [1.29, 1.82) is 0 Å². The average molecular weight is 371 g/mol. The lowest BCUT2D eigenvalue weighted by Crippen LogP contribution is -2.44. The minimum Gasteiger partial charge on any atom is -0.497 e. The first kappa shape index (κ1) is 18.5. The van der Waals surface area contributed by atoms with E-state index in [9.17, 15) is 0 Å². The molecule has 0 aromatic heterocycles. The maximum absolute atomic E-state index is 5.49. The highest BCUT2D eigenvalue weighted by Gasteiger charge is 2.17. The molecule has 1 heterocycles. The topological polar surface area (TPSA) is 39.8 Å². The molecule has 0 amide bonds. The van der Waals surface area contributed by atoms with Crippen molar-refractivity contribution in [1.82, 2.24) is 10.2 Å². The Balaban J connectivity index is 1.58. The van der Waals surface area contributed by atoms with E-state index < -0.39 is 0 Å². The first-order valence-corrected chi connectivity index (χ1v) is 9.27. The van der Waals surface area contributed by atoms with Crippen LogP contribution in [0.25, 0.3) is 0 Å². The van der Waals surface area contributed by atoms with Crippen molar-refractivity contribution in [3.8, 4) is 5.75 Å². The van der Waals surface area contributed by atoms with Crippen LogP contribution >= 0.6 is 12.2 Å². The second-order valence-corrected chi connectivity index (χ2v) is 6.87. The molecule has 0 unspecified atom stereocenters. The lowest BCUT2D eigenvalue weighted by atomic mass is 10.2. The number of benzene rings is 2. The molecule has 5 nitrogen and oxygen atoms in total. The molecule has 0 spiro atoms. The lowest BCUT2D eigenvalue weighted by molar-refractivity contribution is 0.313. The van der Waals surface area contributed by atoms with Crippen LogP contribution < -0.4 is 20.3 Å². The smallest absolute Gasteiger partial charge is 0.171 e. The van der Waals surface area contributed by atoms with Crippen molar-refractivity contribution >= 4 is 28.7 Å². The quantitative estimate of drug-likeness (QED) is 0.789. The van der Waals surface area contributed by atoms with Crippen molar-refractivity contribution < 1.29 is 4.74 Å². The van der Waals surface area contributed by atoms with Gasteiger partial charge in [-0.05, 0) is 49.1 Å². The summed E-state index contributed by atoms with van der Waals surface area (Å²) >= 11 is 5.49. The number of rotatable bonds is 5. The number of ether oxygens (including phenoxy) is 1. The summed E-state index contributed by atoms with van der Waals surface area (Å²) in [5, 5.41) is 7.25. The highest BCUT2D eigenvalue weighted by molar-refractivity contribution is 7.80. The molecule has 1 aliphatic rings. The SMILES string of the molecule is COc1ccc(CNC(=S)Nc2ccccc2N2CCN(C)CC2)cc1. The Bertz CT molecular complexity index is 727. The molecule has 2 N–H and O–H groups in total. The van der Waals surface area contributed by atoms with Crippen LogP contribution in [0.5, 0.6) is 5.75 Å². The number of para-hydroxylation sites is 2. The second kappa shape index (κ2) is 8.87. The number of nitrogens with zero attached hydrogens (tertiary/aromatic N) is 2. The Kier molecular flexibility index (Phi) is 6.30. The molecular weight excluding hydrogens is 344 g/mol. The van der Waals surface area contributed by atoms with Crippen LogP contribution in [0.15, 0.2) is 48.5 Å². The fraction of sp³-hybridized carbons (Fsp3) is 0.350. The first-order chi connectivity index (χ1) is 12.7. The number of piperazine rings is 1. The van der Waals surface area contributed by atoms with Crippen molar-refractivity contribution in [2.75, 3.05) is 50.6 Å². The number of thiocarbonyl (C=S) groups is 1. The number of hydrogen-bond donors (Lipinski definition) is 2. The van der Waals surface area contributed by atoms with Gasteiger partial charge in [0.2, 0.25) is 0 Å². The number of nitrogens with one attached hydrogen (secondary N) is 2. The summed E-state index contributed by atoms with van der Waals surface area (Å²) in [5.41, 5.74) is 3.40. The van der Waals surface area contributed by atoms with Gasteiger partial charge in [0.25, 0.3) is 0 Å². The molecule has 1 saturated heterocycles. The van der Waals surface area contributed by atoms with E-state index >= 15 is 0 Å². The van der Waals surface area contributed by atoms with Crippen LogP contribution in [0.1, 0.15) is 5.56 Å². The van der Waals surface area contributed by atoms with Crippen molar-refractivity contribution in [2.24, 2.45) is 0 Å². The molecular formula is C20H26N4OS. The summed E-state index contributed by atoms with van der Waals surface area (Å²) in [6.07, 6.45) is 0. The normalized spacial score (nSPS) is 14.8. The fourth-order valence-corrected chi connectivity index (χ4v) is 3.18. The van der Waals surface area contributed by atoms with Gasteiger partial charge >= 0.3 is 0 Å². The van der Waals surface area contributed by atoms with Crippen LogP contribution in [0.4, 0.5) is 11.4 Å². The van der Waals surface area contributed by atoms with Crippen LogP contribution in [0, 0.1) is 0 Å². The molecule has 0 atom stereocenters. The lowest BCUT2D eigenvalue weighted by Gasteiger charge is -2.35. The third-order valence-electron chi connectivity index (χ3n) is 4.61. The molecule has 0 bridgehead atoms. The number of methoxy groups -OCH3 is 1. The summed E-state index contributed by atoms with van der Waals surface area (Å²) < 4.78 is 5.19. The zero-order valence-corrected chi connectivity index (χ0v) is 16.2. The second-order valence-electron chi connectivity index (χ2n) is 6.46. The van der Waals surface area contributed by atoms with Crippen molar-refractivity contribution in [2.45, 2.75) is 6.54 Å². The van der Waals surface area contributed by atoms with E-state index in [1.54, 1.807) is 7.11 Å². The Morgan fingerprint density at radius 2 is 1.73 bits per heavy atom. The minimum atomic E-state index is 0.627. The van der Waals surface area contributed by atoms with Gasteiger partial charge in [0.1, 0.15) is 5.75 Å². The third-order valence-corrected chi connectivity index (χ3v) is 4.85. The van der Waals surface area contributed by atoms with Gasteiger partial charge in [-0.3, -0.25) is 0 Å². The molecule has 1 aliphatic heterocycles. The number of likely N-dealkylation sites (N-methyl/N-ethyl adjacent to an activating group) is 1. The van der Waals surface area contributed by atoms with E-state index in [1.165, 1.54) is 5.69 Å². The van der Waals surface area contributed by atoms with Crippen LogP contribution in [0.3, 0.4) is 0 Å². The Labute approximate surface area is 160 Å². The molecule has 2 aromatic carbocycles. The average Bonchev–Trinajstić information content (AvgIpc) is 2.68. The van der Waals surface area contributed by atoms with Crippen molar-refractivity contribution in [3.05, 3.63) is 54.1 Å². The summed E-state index contributed by atoms with van der Waals surface area (Å²) in [4.78, 5) is 4.77. The molecule has 0 saturated carbocycles. The number of hydrogen-bond acceptors (Lipinski definition) is 4. The predicted molar refractivity (Wildman–Crippen MR) is 112 cm³/mol.